The molecule has 1 aromatic carbocycles. The number of halogens is 3. The fourth-order valence-corrected chi connectivity index (χ4v) is 1.56. The molecule has 0 spiro atoms. The highest BCUT2D eigenvalue weighted by atomic mass is 19.2. The molecule has 1 heterocycles. The molecule has 0 amide bonds. The van der Waals surface area contributed by atoms with Crippen molar-refractivity contribution >= 4 is 11.5 Å². The Morgan fingerprint density at radius 3 is 2.47 bits per heavy atom. The lowest BCUT2D eigenvalue weighted by Crippen LogP contribution is -2.02. The minimum atomic E-state index is -1.35. The van der Waals surface area contributed by atoms with Crippen LogP contribution in [0.1, 0.15) is 5.56 Å². The average Bonchev–Trinajstić information content (AvgIpc) is 2.38. The zero-order chi connectivity index (χ0) is 14.0. The van der Waals surface area contributed by atoms with Gasteiger partial charge < -0.3 is 10.1 Å². The Bertz CT molecular complexity index is 617. The molecule has 0 saturated heterocycles. The van der Waals surface area contributed by atoms with Crippen LogP contribution in [0.5, 0.6) is 5.75 Å². The van der Waals surface area contributed by atoms with Gasteiger partial charge in [-0.3, -0.25) is 0 Å². The second-order valence-corrected chi connectivity index (χ2v) is 3.90. The summed E-state index contributed by atoms with van der Waals surface area (Å²) in [6.07, 6.45) is 0. The fourth-order valence-electron chi connectivity index (χ4n) is 1.56. The van der Waals surface area contributed by atoms with Crippen LogP contribution in [0.3, 0.4) is 0 Å². The normalized spacial score (nSPS) is 10.4. The zero-order valence-electron chi connectivity index (χ0n) is 10.3. The van der Waals surface area contributed by atoms with Crippen molar-refractivity contribution in [3.8, 4) is 5.75 Å². The number of pyridine rings is 1. The second kappa shape index (κ2) is 5.17. The van der Waals surface area contributed by atoms with E-state index in [-0.39, 0.29) is 5.82 Å². The highest BCUT2D eigenvalue weighted by molar-refractivity contribution is 5.62. The van der Waals surface area contributed by atoms with Crippen LogP contribution in [0.4, 0.5) is 24.7 Å². The van der Waals surface area contributed by atoms with Crippen molar-refractivity contribution < 1.29 is 17.9 Å². The van der Waals surface area contributed by atoms with Crippen LogP contribution in [0.2, 0.25) is 0 Å². The van der Waals surface area contributed by atoms with Gasteiger partial charge in [0.2, 0.25) is 0 Å². The summed E-state index contributed by atoms with van der Waals surface area (Å²) in [4.78, 5) is 3.19. The van der Waals surface area contributed by atoms with E-state index < -0.39 is 17.6 Å². The predicted octanol–water partition coefficient (Wildman–Crippen LogP) is 3.56. The van der Waals surface area contributed by atoms with E-state index in [0.717, 1.165) is 5.56 Å². The number of methoxy groups -OCH3 is 1. The minimum absolute atomic E-state index is 0.368. The Balaban J connectivity index is 2.33. The van der Waals surface area contributed by atoms with Gasteiger partial charge in [-0.15, -0.1) is 0 Å². The van der Waals surface area contributed by atoms with E-state index in [1.165, 1.54) is 7.11 Å². The molecule has 2 rings (SSSR count). The van der Waals surface area contributed by atoms with Gasteiger partial charge in [0.15, 0.2) is 17.5 Å². The van der Waals surface area contributed by atoms with Crippen LogP contribution in [0.15, 0.2) is 24.3 Å². The summed E-state index contributed by atoms with van der Waals surface area (Å²) in [5, 5.41) is 2.61. The van der Waals surface area contributed by atoms with Crippen LogP contribution >= 0.6 is 0 Å². The van der Waals surface area contributed by atoms with Gasteiger partial charge in [-0.25, -0.2) is 8.78 Å². The predicted molar refractivity (Wildman–Crippen MR) is 65.1 cm³/mol. The Morgan fingerprint density at radius 2 is 1.84 bits per heavy atom. The van der Waals surface area contributed by atoms with Crippen LogP contribution in [0, 0.1) is 24.5 Å². The molecule has 0 atom stereocenters. The lowest BCUT2D eigenvalue weighted by Gasteiger charge is -2.11. The lowest BCUT2D eigenvalue weighted by atomic mass is 10.2. The molecule has 0 aliphatic carbocycles. The first-order valence-corrected chi connectivity index (χ1v) is 5.44. The molecule has 0 unspecified atom stereocenters. The van der Waals surface area contributed by atoms with Gasteiger partial charge in [0.25, 0.3) is 5.95 Å². The van der Waals surface area contributed by atoms with Crippen LogP contribution in [-0.2, 0) is 0 Å². The van der Waals surface area contributed by atoms with Crippen LogP contribution in [0.25, 0.3) is 0 Å². The Labute approximate surface area is 108 Å². The van der Waals surface area contributed by atoms with Crippen molar-refractivity contribution in [2.75, 3.05) is 12.4 Å². The molecular weight excluding hydrogens is 257 g/mol. The molecule has 1 aromatic heterocycles. The van der Waals surface area contributed by atoms with E-state index in [4.69, 9.17) is 4.74 Å². The van der Waals surface area contributed by atoms with E-state index in [1.54, 1.807) is 25.1 Å². The molecule has 0 aliphatic rings. The Kier molecular flexibility index (Phi) is 3.59. The SMILES string of the molecule is COc1ccc(Nc2nc(F)c(F)cc2F)c(C)c1. The fraction of sp³-hybridized carbons (Fsp3) is 0.154. The minimum Gasteiger partial charge on any atom is -0.497 e. The lowest BCUT2D eigenvalue weighted by molar-refractivity contribution is 0.414. The summed E-state index contributed by atoms with van der Waals surface area (Å²) in [6, 6.07) is 5.47. The van der Waals surface area contributed by atoms with Gasteiger partial charge in [0.05, 0.1) is 7.11 Å². The average molecular weight is 268 g/mol. The number of nitrogens with one attached hydrogen (secondary N) is 1. The number of aryl methyl sites for hydroxylation is 1. The monoisotopic (exact) mass is 268 g/mol. The Morgan fingerprint density at radius 1 is 1.11 bits per heavy atom. The van der Waals surface area contributed by atoms with Gasteiger partial charge >= 0.3 is 0 Å². The highest BCUT2D eigenvalue weighted by Crippen LogP contribution is 2.25. The van der Waals surface area contributed by atoms with E-state index in [0.29, 0.717) is 17.5 Å². The number of nitrogens with zero attached hydrogens (tertiary/aromatic N) is 1. The first kappa shape index (κ1) is 13.2. The molecule has 0 saturated carbocycles. The van der Waals surface area contributed by atoms with Crippen molar-refractivity contribution in [3.05, 3.63) is 47.4 Å². The highest BCUT2D eigenvalue weighted by Gasteiger charge is 2.12. The zero-order valence-corrected chi connectivity index (χ0v) is 10.3. The number of hydrogen-bond donors (Lipinski definition) is 1. The molecular formula is C13H11F3N2O. The Hall–Kier alpha value is -2.24. The maximum Gasteiger partial charge on any atom is 0.251 e. The van der Waals surface area contributed by atoms with Gasteiger partial charge in [-0.1, -0.05) is 0 Å². The molecule has 1 N–H and O–H groups in total. The molecule has 6 heteroatoms. The van der Waals surface area contributed by atoms with E-state index in [9.17, 15) is 13.2 Å². The van der Waals surface area contributed by atoms with Gasteiger partial charge in [0.1, 0.15) is 5.75 Å². The summed E-state index contributed by atoms with van der Waals surface area (Å²) < 4.78 is 44.2. The summed E-state index contributed by atoms with van der Waals surface area (Å²) >= 11 is 0. The van der Waals surface area contributed by atoms with E-state index >= 15 is 0 Å². The largest absolute Gasteiger partial charge is 0.497 e. The molecule has 0 bridgehead atoms. The van der Waals surface area contributed by atoms with Crippen molar-refractivity contribution in [1.29, 1.82) is 0 Å². The van der Waals surface area contributed by atoms with Crippen LogP contribution < -0.4 is 10.1 Å². The van der Waals surface area contributed by atoms with Crippen molar-refractivity contribution in [3.63, 3.8) is 0 Å². The second-order valence-electron chi connectivity index (χ2n) is 3.90. The number of hydrogen-bond acceptors (Lipinski definition) is 3. The summed E-state index contributed by atoms with van der Waals surface area (Å²) in [5.74, 6) is -3.37. The van der Waals surface area contributed by atoms with Crippen molar-refractivity contribution in [1.82, 2.24) is 4.98 Å². The summed E-state index contributed by atoms with van der Waals surface area (Å²) in [7, 11) is 1.53. The molecule has 2 aromatic rings. The first-order chi connectivity index (χ1) is 9.01. The standard InChI is InChI=1S/C13H11F3N2O/c1-7-5-8(19-2)3-4-11(7)17-13-10(15)6-9(14)12(16)18-13/h3-6H,1-2H3,(H,17,18). The van der Waals surface area contributed by atoms with Crippen molar-refractivity contribution in [2.24, 2.45) is 0 Å². The third-order valence-electron chi connectivity index (χ3n) is 2.57. The molecule has 0 aliphatic heterocycles. The third kappa shape index (κ3) is 2.78. The number of rotatable bonds is 3. The number of anilines is 2. The molecule has 100 valence electrons. The molecule has 0 radical (unpaired) electrons. The van der Waals surface area contributed by atoms with Crippen LogP contribution in [-0.4, -0.2) is 12.1 Å². The smallest absolute Gasteiger partial charge is 0.251 e. The topological polar surface area (TPSA) is 34.1 Å². The van der Waals surface area contributed by atoms with E-state index in [2.05, 4.69) is 10.3 Å². The maximum atomic E-state index is 13.4. The molecule has 19 heavy (non-hydrogen) atoms. The van der Waals surface area contributed by atoms with Gasteiger partial charge in [0, 0.05) is 11.8 Å². The number of aromatic nitrogens is 1. The summed E-state index contributed by atoms with van der Waals surface area (Å²) in [5.41, 5.74) is 1.28. The number of benzene rings is 1. The van der Waals surface area contributed by atoms with E-state index in [1.807, 2.05) is 0 Å². The van der Waals surface area contributed by atoms with Gasteiger partial charge in [-0.05, 0) is 30.7 Å². The molecule has 3 nitrogen and oxygen atoms in total. The number of ether oxygens (including phenoxy) is 1. The van der Waals surface area contributed by atoms with Crippen molar-refractivity contribution in [2.45, 2.75) is 6.92 Å². The maximum absolute atomic E-state index is 13.4. The van der Waals surface area contributed by atoms with Gasteiger partial charge in [-0.2, -0.15) is 9.37 Å². The quantitative estimate of drug-likeness (QED) is 0.864. The summed E-state index contributed by atoms with van der Waals surface area (Å²) in [6.45, 7) is 1.77. The third-order valence-corrected chi connectivity index (χ3v) is 2.57. The molecule has 0 fully saturated rings. The first-order valence-electron chi connectivity index (χ1n) is 5.44.